The fourth-order valence-corrected chi connectivity index (χ4v) is 3.07. The van der Waals surface area contributed by atoms with Crippen molar-refractivity contribution in [3.63, 3.8) is 0 Å². The average Bonchev–Trinajstić information content (AvgIpc) is 3.18. The largest absolute Gasteiger partial charge is 0.493 e. The first-order valence-corrected chi connectivity index (χ1v) is 8.13. The molecule has 0 unspecified atom stereocenters. The van der Waals surface area contributed by atoms with Gasteiger partial charge in [0.15, 0.2) is 17.1 Å². The van der Waals surface area contributed by atoms with Gasteiger partial charge in [-0.2, -0.15) is 5.10 Å². The number of aromatic nitrogens is 5. The van der Waals surface area contributed by atoms with Crippen molar-refractivity contribution >= 4 is 16.6 Å². The minimum atomic E-state index is -0.226. The van der Waals surface area contributed by atoms with Gasteiger partial charge in [-0.15, -0.1) is 0 Å². The molecule has 0 fully saturated rings. The standard InChI is InChI=1S/C18H17N5O4/c1-25-13-7-12-15(17(27-3)16(13)26-2)20-10-22(18(12)24)8-11-5-4-6-14-19-9-21-23(11)14/h4-7,9-10H,8H2,1-3H3. The minimum absolute atomic E-state index is 0.226. The molecule has 27 heavy (non-hydrogen) atoms. The zero-order valence-corrected chi connectivity index (χ0v) is 15.0. The molecule has 0 radical (unpaired) electrons. The molecule has 9 nitrogen and oxygen atoms in total. The number of nitrogens with zero attached hydrogens (tertiary/aromatic N) is 5. The quantitative estimate of drug-likeness (QED) is 0.528. The third kappa shape index (κ3) is 2.64. The topological polar surface area (TPSA) is 92.8 Å². The van der Waals surface area contributed by atoms with Crippen LogP contribution >= 0.6 is 0 Å². The maximum atomic E-state index is 13.1. The van der Waals surface area contributed by atoms with Gasteiger partial charge in [-0.3, -0.25) is 9.36 Å². The van der Waals surface area contributed by atoms with Gasteiger partial charge in [-0.1, -0.05) is 6.07 Å². The maximum absolute atomic E-state index is 13.1. The summed E-state index contributed by atoms with van der Waals surface area (Å²) in [7, 11) is 4.50. The van der Waals surface area contributed by atoms with E-state index in [-0.39, 0.29) is 5.56 Å². The predicted octanol–water partition coefficient (Wildman–Crippen LogP) is 1.51. The second kappa shape index (κ2) is 6.60. The first-order valence-electron chi connectivity index (χ1n) is 8.13. The second-order valence-corrected chi connectivity index (χ2v) is 5.77. The number of hydrogen-bond donors (Lipinski definition) is 0. The van der Waals surface area contributed by atoms with E-state index in [0.29, 0.717) is 40.3 Å². The second-order valence-electron chi connectivity index (χ2n) is 5.77. The van der Waals surface area contributed by atoms with E-state index >= 15 is 0 Å². The monoisotopic (exact) mass is 367 g/mol. The van der Waals surface area contributed by atoms with E-state index in [9.17, 15) is 4.79 Å². The Labute approximate surface area is 153 Å². The lowest BCUT2D eigenvalue weighted by molar-refractivity contribution is 0.326. The normalized spacial score (nSPS) is 11.1. The van der Waals surface area contributed by atoms with Crippen molar-refractivity contribution in [2.24, 2.45) is 0 Å². The summed E-state index contributed by atoms with van der Waals surface area (Å²) in [6.45, 7) is 0.291. The summed E-state index contributed by atoms with van der Waals surface area (Å²) < 4.78 is 19.3. The highest BCUT2D eigenvalue weighted by molar-refractivity contribution is 5.89. The SMILES string of the molecule is COc1cc2c(=O)n(Cc3cccc4ncnn34)cnc2c(OC)c1OC. The smallest absolute Gasteiger partial charge is 0.261 e. The van der Waals surface area contributed by atoms with Crippen molar-refractivity contribution in [1.29, 1.82) is 0 Å². The zero-order chi connectivity index (χ0) is 19.0. The molecule has 0 saturated carbocycles. The Balaban J connectivity index is 1.90. The molecule has 0 saturated heterocycles. The summed E-state index contributed by atoms with van der Waals surface area (Å²) in [4.78, 5) is 21.6. The average molecular weight is 367 g/mol. The molecule has 0 atom stereocenters. The van der Waals surface area contributed by atoms with Crippen LogP contribution in [0.5, 0.6) is 17.2 Å². The summed E-state index contributed by atoms with van der Waals surface area (Å²) in [6, 6.07) is 7.21. The van der Waals surface area contributed by atoms with Gasteiger partial charge in [-0.05, 0) is 18.2 Å². The highest BCUT2D eigenvalue weighted by Gasteiger charge is 2.19. The molecule has 0 aliphatic heterocycles. The van der Waals surface area contributed by atoms with Crippen LogP contribution in [0, 0.1) is 0 Å². The molecule has 0 spiro atoms. The van der Waals surface area contributed by atoms with E-state index in [1.54, 1.807) is 10.6 Å². The highest BCUT2D eigenvalue weighted by atomic mass is 16.5. The summed E-state index contributed by atoms with van der Waals surface area (Å²) >= 11 is 0. The lowest BCUT2D eigenvalue weighted by atomic mass is 10.2. The Morgan fingerprint density at radius 2 is 1.85 bits per heavy atom. The molecule has 3 aromatic heterocycles. The number of hydrogen-bond acceptors (Lipinski definition) is 7. The van der Waals surface area contributed by atoms with Crippen LogP contribution in [-0.4, -0.2) is 45.5 Å². The molecule has 4 aromatic rings. The van der Waals surface area contributed by atoms with E-state index in [1.807, 2.05) is 18.2 Å². The van der Waals surface area contributed by atoms with Crippen molar-refractivity contribution in [2.45, 2.75) is 6.54 Å². The molecule has 4 rings (SSSR count). The maximum Gasteiger partial charge on any atom is 0.261 e. The third-order valence-corrected chi connectivity index (χ3v) is 4.33. The number of fused-ring (bicyclic) bond motifs is 2. The van der Waals surface area contributed by atoms with Gasteiger partial charge in [0, 0.05) is 0 Å². The van der Waals surface area contributed by atoms with E-state index in [1.165, 1.54) is 38.6 Å². The Bertz CT molecular complexity index is 1200. The molecular formula is C18H17N5O4. The van der Waals surface area contributed by atoms with Gasteiger partial charge >= 0.3 is 0 Å². The third-order valence-electron chi connectivity index (χ3n) is 4.33. The number of rotatable bonds is 5. The number of ether oxygens (including phenoxy) is 3. The Hall–Kier alpha value is -3.62. The number of pyridine rings is 1. The van der Waals surface area contributed by atoms with Crippen molar-refractivity contribution in [3.05, 3.63) is 53.0 Å². The Morgan fingerprint density at radius 3 is 2.59 bits per heavy atom. The van der Waals surface area contributed by atoms with Crippen LogP contribution in [-0.2, 0) is 6.54 Å². The molecule has 0 aliphatic rings. The fraction of sp³-hybridized carbons (Fsp3) is 0.222. The molecule has 138 valence electrons. The number of benzene rings is 1. The summed E-state index contributed by atoms with van der Waals surface area (Å²) in [6.07, 6.45) is 2.96. The van der Waals surface area contributed by atoms with Gasteiger partial charge in [0.1, 0.15) is 11.8 Å². The molecule has 0 aliphatic carbocycles. The summed E-state index contributed by atoms with van der Waals surface area (Å²) in [5.41, 5.74) is 1.70. The molecule has 0 bridgehead atoms. The first-order chi connectivity index (χ1) is 13.2. The van der Waals surface area contributed by atoms with Crippen LogP contribution in [0.25, 0.3) is 16.6 Å². The van der Waals surface area contributed by atoms with Crippen LogP contribution in [0.1, 0.15) is 5.69 Å². The van der Waals surface area contributed by atoms with Crippen molar-refractivity contribution < 1.29 is 14.2 Å². The lowest BCUT2D eigenvalue weighted by Gasteiger charge is -2.15. The van der Waals surface area contributed by atoms with E-state index in [2.05, 4.69) is 15.1 Å². The zero-order valence-electron chi connectivity index (χ0n) is 15.0. The van der Waals surface area contributed by atoms with E-state index in [0.717, 1.165) is 5.69 Å². The van der Waals surface area contributed by atoms with Gasteiger partial charge < -0.3 is 14.2 Å². The van der Waals surface area contributed by atoms with Crippen molar-refractivity contribution in [3.8, 4) is 17.2 Å². The van der Waals surface area contributed by atoms with Crippen LogP contribution in [0.3, 0.4) is 0 Å². The molecular weight excluding hydrogens is 350 g/mol. The highest BCUT2D eigenvalue weighted by Crippen LogP contribution is 2.41. The van der Waals surface area contributed by atoms with Gasteiger partial charge in [0.2, 0.25) is 5.75 Å². The molecule has 9 heteroatoms. The lowest BCUT2D eigenvalue weighted by Crippen LogP contribution is -2.22. The van der Waals surface area contributed by atoms with Crippen LogP contribution in [0.15, 0.2) is 41.7 Å². The van der Waals surface area contributed by atoms with Gasteiger partial charge in [-0.25, -0.2) is 14.5 Å². The van der Waals surface area contributed by atoms with E-state index < -0.39 is 0 Å². The Kier molecular flexibility index (Phi) is 4.11. The molecule has 1 aromatic carbocycles. The van der Waals surface area contributed by atoms with Gasteiger partial charge in [0.25, 0.3) is 5.56 Å². The predicted molar refractivity (Wildman–Crippen MR) is 97.7 cm³/mol. The Morgan fingerprint density at radius 1 is 1.04 bits per heavy atom. The fourth-order valence-electron chi connectivity index (χ4n) is 3.07. The van der Waals surface area contributed by atoms with E-state index in [4.69, 9.17) is 14.2 Å². The molecule has 0 N–H and O–H groups in total. The first kappa shape index (κ1) is 16.8. The minimum Gasteiger partial charge on any atom is -0.493 e. The summed E-state index contributed by atoms with van der Waals surface area (Å²) in [5.74, 6) is 1.15. The molecule has 3 heterocycles. The van der Waals surface area contributed by atoms with Crippen molar-refractivity contribution in [1.82, 2.24) is 24.1 Å². The van der Waals surface area contributed by atoms with Crippen LogP contribution < -0.4 is 19.8 Å². The summed E-state index contributed by atoms with van der Waals surface area (Å²) in [5, 5.41) is 4.57. The number of methoxy groups -OCH3 is 3. The van der Waals surface area contributed by atoms with Crippen molar-refractivity contribution in [2.75, 3.05) is 21.3 Å². The molecule has 0 amide bonds. The van der Waals surface area contributed by atoms with Gasteiger partial charge in [0.05, 0.1) is 45.3 Å². The van der Waals surface area contributed by atoms with Crippen LogP contribution in [0.2, 0.25) is 0 Å². The van der Waals surface area contributed by atoms with Crippen LogP contribution in [0.4, 0.5) is 0 Å².